The van der Waals surface area contributed by atoms with E-state index in [1.54, 1.807) is 12.1 Å². The zero-order chi connectivity index (χ0) is 13.4. The van der Waals surface area contributed by atoms with Gasteiger partial charge in [0.25, 0.3) is 0 Å². The lowest BCUT2D eigenvalue weighted by Crippen LogP contribution is -2.18. The Morgan fingerprint density at radius 2 is 2.22 bits per heavy atom. The molecule has 0 aliphatic rings. The van der Waals surface area contributed by atoms with Gasteiger partial charge < -0.3 is 14.8 Å². The summed E-state index contributed by atoms with van der Waals surface area (Å²) in [7, 11) is 1.35. The summed E-state index contributed by atoms with van der Waals surface area (Å²) in [6, 6.07) is 4.82. The van der Waals surface area contributed by atoms with Crippen molar-refractivity contribution in [2.45, 2.75) is 19.9 Å². The Kier molecular flexibility index (Phi) is 6.14. The number of carbonyl (C=O) groups excluding carboxylic acids is 1. The largest absolute Gasteiger partial charge is 0.491 e. The predicted octanol–water partition coefficient (Wildman–Crippen LogP) is 1.88. The van der Waals surface area contributed by atoms with Crippen LogP contribution in [0.2, 0.25) is 0 Å². The fraction of sp³-hybridized carbons (Fsp3) is 0.462. The number of methoxy groups -OCH3 is 1. The molecule has 5 heteroatoms. The molecule has 18 heavy (non-hydrogen) atoms. The second-order valence-electron chi connectivity index (χ2n) is 3.70. The molecule has 0 aromatic heterocycles. The summed E-state index contributed by atoms with van der Waals surface area (Å²) in [5, 5.41) is 3.04. The quantitative estimate of drug-likeness (QED) is 0.597. The molecule has 0 aliphatic carbocycles. The molecule has 1 rings (SSSR count). The highest BCUT2D eigenvalue weighted by Crippen LogP contribution is 2.18. The molecule has 100 valence electrons. The maximum Gasteiger partial charge on any atom is 0.306 e. The fourth-order valence-electron chi connectivity index (χ4n) is 1.45. The van der Waals surface area contributed by atoms with Gasteiger partial charge in [-0.1, -0.05) is 6.07 Å². The molecular formula is C13H18FNO3. The van der Waals surface area contributed by atoms with Gasteiger partial charge in [-0.25, -0.2) is 4.39 Å². The minimum absolute atomic E-state index is 0.260. The number of hydrogen-bond donors (Lipinski definition) is 1. The Labute approximate surface area is 106 Å². The van der Waals surface area contributed by atoms with E-state index in [0.717, 1.165) is 5.56 Å². The number of carbonyl (C=O) groups is 1. The van der Waals surface area contributed by atoms with Crippen LogP contribution in [-0.4, -0.2) is 26.2 Å². The van der Waals surface area contributed by atoms with Gasteiger partial charge in [-0.3, -0.25) is 4.79 Å². The summed E-state index contributed by atoms with van der Waals surface area (Å²) in [4.78, 5) is 10.9. The van der Waals surface area contributed by atoms with Crippen LogP contribution in [0.1, 0.15) is 18.9 Å². The third-order valence-electron chi connectivity index (χ3n) is 2.36. The second-order valence-corrected chi connectivity index (χ2v) is 3.70. The molecule has 0 heterocycles. The predicted molar refractivity (Wildman–Crippen MR) is 65.9 cm³/mol. The minimum atomic E-state index is -0.371. The zero-order valence-corrected chi connectivity index (χ0v) is 10.7. The number of benzene rings is 1. The van der Waals surface area contributed by atoms with Gasteiger partial charge in [0, 0.05) is 13.1 Å². The molecule has 0 bridgehead atoms. The van der Waals surface area contributed by atoms with Gasteiger partial charge in [0.15, 0.2) is 11.6 Å². The molecule has 0 unspecified atom stereocenters. The van der Waals surface area contributed by atoms with Crippen LogP contribution in [0.5, 0.6) is 5.75 Å². The summed E-state index contributed by atoms with van der Waals surface area (Å²) < 4.78 is 23.1. The molecule has 0 saturated heterocycles. The van der Waals surface area contributed by atoms with E-state index in [0.29, 0.717) is 26.1 Å². The summed E-state index contributed by atoms with van der Waals surface area (Å²) in [6.45, 7) is 3.25. The van der Waals surface area contributed by atoms with Crippen molar-refractivity contribution in [3.63, 3.8) is 0 Å². The van der Waals surface area contributed by atoms with Crippen molar-refractivity contribution in [1.82, 2.24) is 5.32 Å². The third kappa shape index (κ3) is 4.71. The Hall–Kier alpha value is -1.62. The van der Waals surface area contributed by atoms with Crippen LogP contribution >= 0.6 is 0 Å². The molecule has 0 spiro atoms. The molecule has 1 N–H and O–H groups in total. The van der Waals surface area contributed by atoms with E-state index in [1.165, 1.54) is 13.2 Å². The molecule has 1 aromatic rings. The minimum Gasteiger partial charge on any atom is -0.491 e. The lowest BCUT2D eigenvalue weighted by atomic mass is 10.2. The van der Waals surface area contributed by atoms with E-state index in [4.69, 9.17) is 4.74 Å². The number of halogens is 1. The Bertz CT molecular complexity index is 396. The van der Waals surface area contributed by atoms with E-state index in [9.17, 15) is 9.18 Å². The van der Waals surface area contributed by atoms with Gasteiger partial charge in [0.1, 0.15) is 0 Å². The van der Waals surface area contributed by atoms with E-state index >= 15 is 0 Å². The van der Waals surface area contributed by atoms with Crippen molar-refractivity contribution in [2.75, 3.05) is 20.3 Å². The SMILES string of the molecule is CCOc1ccc(CNCCC(=O)OC)cc1F. The van der Waals surface area contributed by atoms with Crippen molar-refractivity contribution in [1.29, 1.82) is 0 Å². The average Bonchev–Trinajstić information content (AvgIpc) is 2.37. The molecule has 0 atom stereocenters. The first-order chi connectivity index (χ1) is 8.67. The lowest BCUT2D eigenvalue weighted by molar-refractivity contribution is -0.140. The highest BCUT2D eigenvalue weighted by atomic mass is 19.1. The molecule has 0 saturated carbocycles. The summed E-state index contributed by atoms with van der Waals surface area (Å²) in [6.07, 6.45) is 0.302. The van der Waals surface area contributed by atoms with E-state index in [-0.39, 0.29) is 17.5 Å². The number of esters is 1. The smallest absolute Gasteiger partial charge is 0.306 e. The molecule has 0 fully saturated rings. The van der Waals surface area contributed by atoms with Gasteiger partial charge in [0.05, 0.1) is 20.1 Å². The van der Waals surface area contributed by atoms with Crippen LogP contribution in [0.15, 0.2) is 18.2 Å². The molecule has 0 amide bonds. The molecule has 1 aromatic carbocycles. The van der Waals surface area contributed by atoms with Crippen molar-refractivity contribution >= 4 is 5.97 Å². The van der Waals surface area contributed by atoms with Crippen molar-refractivity contribution in [3.05, 3.63) is 29.6 Å². The topological polar surface area (TPSA) is 47.6 Å². The lowest BCUT2D eigenvalue weighted by Gasteiger charge is -2.07. The Morgan fingerprint density at radius 3 is 2.83 bits per heavy atom. The highest BCUT2D eigenvalue weighted by molar-refractivity contribution is 5.69. The highest BCUT2D eigenvalue weighted by Gasteiger charge is 2.04. The summed E-state index contributed by atoms with van der Waals surface area (Å²) in [5.41, 5.74) is 0.806. The number of rotatable bonds is 7. The average molecular weight is 255 g/mol. The van der Waals surface area contributed by atoms with Gasteiger partial charge in [0.2, 0.25) is 0 Å². The van der Waals surface area contributed by atoms with Crippen molar-refractivity contribution < 1.29 is 18.7 Å². The zero-order valence-electron chi connectivity index (χ0n) is 10.7. The Balaban J connectivity index is 2.39. The monoisotopic (exact) mass is 255 g/mol. The summed E-state index contributed by atoms with van der Waals surface area (Å²) >= 11 is 0. The van der Waals surface area contributed by atoms with Gasteiger partial charge in [-0.2, -0.15) is 0 Å². The third-order valence-corrected chi connectivity index (χ3v) is 2.36. The molecule has 4 nitrogen and oxygen atoms in total. The van der Waals surface area contributed by atoms with Gasteiger partial charge in [-0.05, 0) is 24.6 Å². The van der Waals surface area contributed by atoms with E-state index in [2.05, 4.69) is 10.1 Å². The number of hydrogen-bond acceptors (Lipinski definition) is 4. The molecular weight excluding hydrogens is 237 g/mol. The molecule has 0 aliphatic heterocycles. The van der Waals surface area contributed by atoms with Crippen LogP contribution in [-0.2, 0) is 16.1 Å². The van der Waals surface area contributed by atoms with Crippen LogP contribution < -0.4 is 10.1 Å². The van der Waals surface area contributed by atoms with Crippen molar-refractivity contribution in [3.8, 4) is 5.75 Å². The van der Waals surface area contributed by atoms with Gasteiger partial charge >= 0.3 is 5.97 Å². The normalized spacial score (nSPS) is 10.2. The fourth-order valence-corrected chi connectivity index (χ4v) is 1.45. The maximum atomic E-state index is 13.5. The van der Waals surface area contributed by atoms with Crippen LogP contribution in [0.25, 0.3) is 0 Å². The summed E-state index contributed by atoms with van der Waals surface area (Å²) in [5.74, 6) is -0.375. The second kappa shape index (κ2) is 7.66. The van der Waals surface area contributed by atoms with Gasteiger partial charge in [-0.15, -0.1) is 0 Å². The first-order valence-corrected chi connectivity index (χ1v) is 5.86. The first-order valence-electron chi connectivity index (χ1n) is 5.86. The van der Waals surface area contributed by atoms with Crippen LogP contribution in [0, 0.1) is 5.82 Å². The molecule has 0 radical (unpaired) electrons. The van der Waals surface area contributed by atoms with E-state index < -0.39 is 0 Å². The Morgan fingerprint density at radius 1 is 1.44 bits per heavy atom. The first kappa shape index (κ1) is 14.4. The van der Waals surface area contributed by atoms with E-state index in [1.807, 2.05) is 6.92 Å². The number of ether oxygens (including phenoxy) is 2. The van der Waals surface area contributed by atoms with Crippen LogP contribution in [0.4, 0.5) is 4.39 Å². The van der Waals surface area contributed by atoms with Crippen molar-refractivity contribution in [2.24, 2.45) is 0 Å². The van der Waals surface area contributed by atoms with Crippen LogP contribution in [0.3, 0.4) is 0 Å². The number of nitrogens with one attached hydrogen (secondary N) is 1. The standard InChI is InChI=1S/C13H18FNO3/c1-3-18-12-5-4-10(8-11(12)14)9-15-7-6-13(16)17-2/h4-5,8,15H,3,6-7,9H2,1-2H3. The maximum absolute atomic E-state index is 13.5.